The van der Waals surface area contributed by atoms with Gasteiger partial charge in [-0.2, -0.15) is 13.2 Å². The van der Waals surface area contributed by atoms with Gasteiger partial charge in [-0.05, 0) is 64.5 Å². The average molecular weight is 504 g/mol. The van der Waals surface area contributed by atoms with Crippen molar-refractivity contribution in [2.45, 2.75) is 12.2 Å². The Kier molecular flexibility index (Phi) is 7.09. The number of hydrogen-bond acceptors (Lipinski definition) is 3. The lowest BCUT2D eigenvalue weighted by molar-refractivity contribution is -0.137. The van der Waals surface area contributed by atoms with Crippen molar-refractivity contribution in [1.29, 1.82) is 0 Å². The van der Waals surface area contributed by atoms with E-state index in [9.17, 15) is 22.8 Å². The molecule has 0 aliphatic rings. The number of nitrogens with zero attached hydrogens (tertiary/aromatic N) is 2. The summed E-state index contributed by atoms with van der Waals surface area (Å²) in [6.45, 7) is 3.47. The molecule has 0 aliphatic heterocycles. The summed E-state index contributed by atoms with van der Waals surface area (Å²) in [5.74, 6) is -1.25. The van der Waals surface area contributed by atoms with Gasteiger partial charge in [0, 0.05) is 28.1 Å². The van der Waals surface area contributed by atoms with Crippen LogP contribution in [0.15, 0.2) is 90.2 Å². The normalized spacial score (nSPS) is 12.0. The van der Waals surface area contributed by atoms with Crippen LogP contribution in [0.5, 0.6) is 0 Å². The largest absolute Gasteiger partial charge is 0.416 e. The van der Waals surface area contributed by atoms with Crippen LogP contribution < -0.4 is 10.2 Å². The molecule has 1 N–H and O–H groups in total. The molecule has 1 heterocycles. The third-order valence-corrected chi connectivity index (χ3v) is 5.21. The van der Waals surface area contributed by atoms with Crippen LogP contribution in [0.25, 0.3) is 0 Å². The van der Waals surface area contributed by atoms with Crippen molar-refractivity contribution in [3.63, 3.8) is 0 Å². The maximum absolute atomic E-state index is 13.4. The third-order valence-electron chi connectivity index (χ3n) is 4.52. The minimum atomic E-state index is -4.54. The Morgan fingerprint density at radius 1 is 1.06 bits per heavy atom. The molecule has 0 bridgehead atoms. The first-order valence-corrected chi connectivity index (χ1v) is 10.1. The van der Waals surface area contributed by atoms with Gasteiger partial charge in [0.25, 0.3) is 11.8 Å². The van der Waals surface area contributed by atoms with E-state index in [1.54, 1.807) is 36.4 Å². The number of nitrogens with one attached hydrogen (secondary N) is 1. The van der Waals surface area contributed by atoms with Gasteiger partial charge >= 0.3 is 6.18 Å². The Labute approximate surface area is 190 Å². The summed E-state index contributed by atoms with van der Waals surface area (Å²) in [4.78, 5) is 31.3. The van der Waals surface area contributed by atoms with Crippen molar-refractivity contribution in [2.75, 3.05) is 10.2 Å². The van der Waals surface area contributed by atoms with Crippen LogP contribution in [0.3, 0.4) is 0 Å². The van der Waals surface area contributed by atoms with Crippen molar-refractivity contribution in [3.8, 4) is 0 Å². The molecule has 1 unspecified atom stereocenters. The first kappa shape index (κ1) is 23.2. The molecule has 0 aliphatic carbocycles. The van der Waals surface area contributed by atoms with Gasteiger partial charge in [0.05, 0.1) is 11.3 Å². The first-order valence-electron chi connectivity index (χ1n) is 9.30. The highest BCUT2D eigenvalue weighted by atomic mass is 79.9. The number of aromatic nitrogens is 1. The fraction of sp³-hybridized carbons (Fsp3) is 0.0870. The Balaban J connectivity index is 2.08. The lowest BCUT2D eigenvalue weighted by Gasteiger charge is -2.30. The topological polar surface area (TPSA) is 62.3 Å². The number of benzene rings is 2. The summed E-state index contributed by atoms with van der Waals surface area (Å²) in [6.07, 6.45) is -0.625. The second-order valence-corrected chi connectivity index (χ2v) is 7.47. The second-order valence-electron chi connectivity index (χ2n) is 6.61. The molecule has 3 rings (SSSR count). The van der Waals surface area contributed by atoms with Gasteiger partial charge in [-0.1, -0.05) is 24.8 Å². The Morgan fingerprint density at radius 3 is 2.31 bits per heavy atom. The smallest absolute Gasteiger partial charge is 0.323 e. The van der Waals surface area contributed by atoms with Crippen LogP contribution in [-0.4, -0.2) is 16.8 Å². The predicted molar refractivity (Wildman–Crippen MR) is 119 cm³/mol. The zero-order valence-corrected chi connectivity index (χ0v) is 18.1. The van der Waals surface area contributed by atoms with E-state index in [0.29, 0.717) is 15.7 Å². The molecule has 32 heavy (non-hydrogen) atoms. The number of para-hydroxylation sites is 1. The summed E-state index contributed by atoms with van der Waals surface area (Å²) < 4.78 is 39.6. The van der Waals surface area contributed by atoms with Crippen molar-refractivity contribution < 1.29 is 22.8 Å². The molecular formula is C23H17BrF3N3O2. The monoisotopic (exact) mass is 503 g/mol. The molecule has 3 aromatic rings. The highest BCUT2D eigenvalue weighted by Crippen LogP contribution is 2.34. The SMILES string of the molecule is C=CC(=O)N(c1ccc(C(F)(F)F)cc1)C(C(=O)Nc1ccccc1Br)c1cccnc1. The van der Waals surface area contributed by atoms with Gasteiger partial charge in [-0.3, -0.25) is 19.5 Å². The molecule has 9 heteroatoms. The van der Waals surface area contributed by atoms with Gasteiger partial charge in [0.2, 0.25) is 0 Å². The zero-order valence-electron chi connectivity index (χ0n) is 16.5. The Morgan fingerprint density at radius 2 is 1.75 bits per heavy atom. The highest BCUT2D eigenvalue weighted by Gasteiger charge is 2.34. The van der Waals surface area contributed by atoms with E-state index in [2.05, 4.69) is 32.8 Å². The molecule has 2 aromatic carbocycles. The number of pyridine rings is 1. The standard InChI is InChI=1S/C23H17BrF3N3O2/c1-2-20(31)30(17-11-9-16(10-12-17)23(25,26)27)21(15-6-5-13-28-14-15)22(32)29-19-8-4-3-7-18(19)24/h2-14,21H,1H2,(H,29,32). The maximum Gasteiger partial charge on any atom is 0.416 e. The van der Waals surface area contributed by atoms with Gasteiger partial charge in [0.1, 0.15) is 6.04 Å². The number of amides is 2. The summed E-state index contributed by atoms with van der Waals surface area (Å²) in [7, 11) is 0. The van der Waals surface area contributed by atoms with Crippen molar-refractivity contribution in [1.82, 2.24) is 4.98 Å². The lowest BCUT2D eigenvalue weighted by Crippen LogP contribution is -2.41. The van der Waals surface area contributed by atoms with Gasteiger partial charge < -0.3 is 5.32 Å². The Bertz CT molecular complexity index is 1120. The quantitative estimate of drug-likeness (QED) is 0.435. The van der Waals surface area contributed by atoms with E-state index < -0.39 is 29.6 Å². The van der Waals surface area contributed by atoms with E-state index in [-0.39, 0.29) is 5.69 Å². The number of carbonyl (C=O) groups excluding carboxylic acids is 2. The van der Waals surface area contributed by atoms with Gasteiger partial charge in [-0.25, -0.2) is 0 Å². The van der Waals surface area contributed by atoms with Gasteiger partial charge in [-0.15, -0.1) is 0 Å². The van der Waals surface area contributed by atoms with Crippen molar-refractivity contribution in [2.24, 2.45) is 0 Å². The number of alkyl halides is 3. The van der Waals surface area contributed by atoms with E-state index >= 15 is 0 Å². The van der Waals surface area contributed by atoms with Crippen LogP contribution in [-0.2, 0) is 15.8 Å². The molecule has 5 nitrogen and oxygen atoms in total. The van der Waals surface area contributed by atoms with Crippen LogP contribution in [0.1, 0.15) is 17.2 Å². The van der Waals surface area contributed by atoms with Crippen LogP contribution in [0.4, 0.5) is 24.5 Å². The zero-order chi connectivity index (χ0) is 23.3. The fourth-order valence-electron chi connectivity index (χ4n) is 3.03. The number of halogens is 4. The number of carbonyl (C=O) groups is 2. The van der Waals surface area contributed by atoms with Crippen molar-refractivity contribution >= 4 is 39.1 Å². The van der Waals surface area contributed by atoms with Crippen LogP contribution in [0, 0.1) is 0 Å². The first-order chi connectivity index (χ1) is 15.2. The molecule has 2 amide bonds. The minimum absolute atomic E-state index is 0.0963. The van der Waals surface area contributed by atoms with E-state index in [0.717, 1.165) is 35.2 Å². The molecule has 0 fully saturated rings. The molecule has 1 aromatic heterocycles. The predicted octanol–water partition coefficient (Wildman–Crippen LogP) is 5.76. The second kappa shape index (κ2) is 9.78. The number of anilines is 2. The van der Waals surface area contributed by atoms with E-state index in [1.165, 1.54) is 12.4 Å². The average Bonchev–Trinajstić information content (AvgIpc) is 2.78. The summed E-state index contributed by atoms with van der Waals surface area (Å²) in [5, 5.41) is 2.75. The molecule has 0 radical (unpaired) electrons. The van der Waals surface area contributed by atoms with Crippen LogP contribution in [0.2, 0.25) is 0 Å². The molecule has 0 saturated carbocycles. The van der Waals surface area contributed by atoms with Gasteiger partial charge in [0.15, 0.2) is 0 Å². The van der Waals surface area contributed by atoms with Crippen LogP contribution >= 0.6 is 15.9 Å². The number of rotatable bonds is 6. The molecule has 0 spiro atoms. The van der Waals surface area contributed by atoms with E-state index in [4.69, 9.17) is 0 Å². The number of hydrogen-bond donors (Lipinski definition) is 1. The van der Waals surface area contributed by atoms with E-state index in [1.807, 2.05) is 0 Å². The molecular weight excluding hydrogens is 487 g/mol. The summed E-state index contributed by atoms with van der Waals surface area (Å²) in [6, 6.07) is 12.8. The molecule has 1 atom stereocenters. The summed E-state index contributed by atoms with van der Waals surface area (Å²) in [5.41, 5.74) is 0.0545. The fourth-order valence-corrected chi connectivity index (χ4v) is 3.42. The Hall–Kier alpha value is -3.46. The minimum Gasteiger partial charge on any atom is -0.323 e. The maximum atomic E-state index is 13.4. The molecule has 164 valence electrons. The lowest BCUT2D eigenvalue weighted by atomic mass is 10.0. The third kappa shape index (κ3) is 5.23. The summed E-state index contributed by atoms with van der Waals surface area (Å²) >= 11 is 3.35. The molecule has 0 saturated heterocycles. The highest BCUT2D eigenvalue weighted by molar-refractivity contribution is 9.10. The van der Waals surface area contributed by atoms with Crippen molar-refractivity contribution in [3.05, 3.63) is 101 Å².